The van der Waals surface area contributed by atoms with Crippen LogP contribution in [0.2, 0.25) is 0 Å². The molecule has 0 aromatic carbocycles. The lowest BCUT2D eigenvalue weighted by atomic mass is 9.95. The lowest BCUT2D eigenvalue weighted by molar-refractivity contribution is -0.179. The fourth-order valence-electron chi connectivity index (χ4n) is 2.32. The van der Waals surface area contributed by atoms with E-state index in [2.05, 4.69) is 4.98 Å². The van der Waals surface area contributed by atoms with Crippen molar-refractivity contribution in [2.24, 2.45) is 11.7 Å². The van der Waals surface area contributed by atoms with Gasteiger partial charge in [0.2, 0.25) is 0 Å². The van der Waals surface area contributed by atoms with E-state index in [1.165, 1.54) is 0 Å². The summed E-state index contributed by atoms with van der Waals surface area (Å²) in [6.45, 7) is 1.18. The number of hydrogen-bond donors (Lipinski definition) is 1. The summed E-state index contributed by atoms with van der Waals surface area (Å²) in [4.78, 5) is 5.96. The number of halogens is 3. The number of piperidine rings is 1. The summed E-state index contributed by atoms with van der Waals surface area (Å²) in [6, 6.07) is 1.81. The fourth-order valence-corrected chi connectivity index (χ4v) is 2.32. The second-order valence-electron chi connectivity index (χ2n) is 4.51. The monoisotopic (exact) mass is 259 g/mol. The number of nitrogens with zero attached hydrogens (tertiary/aromatic N) is 2. The van der Waals surface area contributed by atoms with Crippen LogP contribution in [-0.2, 0) is 6.54 Å². The smallest absolute Gasteiger partial charge is 0.370 e. The SMILES string of the molecule is NCc1ccncc1N1CCC(C(F)(F)F)CC1. The van der Waals surface area contributed by atoms with Gasteiger partial charge in [-0.15, -0.1) is 0 Å². The van der Waals surface area contributed by atoms with Crippen molar-refractivity contribution in [1.29, 1.82) is 0 Å². The average Bonchev–Trinajstić information content (AvgIpc) is 2.38. The van der Waals surface area contributed by atoms with Crippen LogP contribution in [0, 0.1) is 5.92 Å². The maximum atomic E-state index is 12.6. The number of anilines is 1. The van der Waals surface area contributed by atoms with E-state index in [9.17, 15) is 13.2 Å². The molecule has 0 unspecified atom stereocenters. The summed E-state index contributed by atoms with van der Waals surface area (Å²) in [5, 5.41) is 0. The van der Waals surface area contributed by atoms with E-state index in [4.69, 9.17) is 5.73 Å². The van der Waals surface area contributed by atoms with Crippen LogP contribution in [0.3, 0.4) is 0 Å². The molecule has 1 saturated heterocycles. The van der Waals surface area contributed by atoms with Gasteiger partial charge in [-0.05, 0) is 24.5 Å². The maximum absolute atomic E-state index is 12.6. The molecule has 0 spiro atoms. The third kappa shape index (κ3) is 2.75. The van der Waals surface area contributed by atoms with Crippen LogP contribution in [0.1, 0.15) is 18.4 Å². The summed E-state index contributed by atoms with van der Waals surface area (Å²) in [5.41, 5.74) is 7.41. The third-order valence-corrected chi connectivity index (χ3v) is 3.41. The molecule has 6 heteroatoms. The lowest BCUT2D eigenvalue weighted by Gasteiger charge is -2.35. The minimum absolute atomic E-state index is 0.141. The quantitative estimate of drug-likeness (QED) is 0.886. The van der Waals surface area contributed by atoms with Gasteiger partial charge < -0.3 is 10.6 Å². The Hall–Kier alpha value is -1.30. The number of rotatable bonds is 2. The molecular formula is C12H16F3N3. The molecule has 1 aromatic heterocycles. The van der Waals surface area contributed by atoms with Crippen molar-refractivity contribution in [1.82, 2.24) is 4.98 Å². The Morgan fingerprint density at radius 2 is 2.00 bits per heavy atom. The lowest BCUT2D eigenvalue weighted by Crippen LogP contribution is -2.39. The molecule has 18 heavy (non-hydrogen) atoms. The number of hydrogen-bond acceptors (Lipinski definition) is 3. The molecule has 0 radical (unpaired) electrons. The maximum Gasteiger partial charge on any atom is 0.391 e. The van der Waals surface area contributed by atoms with Gasteiger partial charge in [0.25, 0.3) is 0 Å². The second kappa shape index (κ2) is 5.14. The number of alkyl halides is 3. The number of pyridine rings is 1. The van der Waals surface area contributed by atoms with Crippen molar-refractivity contribution in [2.75, 3.05) is 18.0 Å². The zero-order chi connectivity index (χ0) is 13.2. The first-order chi connectivity index (χ1) is 8.52. The molecule has 2 N–H and O–H groups in total. The van der Waals surface area contributed by atoms with Crippen molar-refractivity contribution in [3.05, 3.63) is 24.0 Å². The fraction of sp³-hybridized carbons (Fsp3) is 0.583. The van der Waals surface area contributed by atoms with E-state index < -0.39 is 12.1 Å². The predicted octanol–water partition coefficient (Wildman–Crippen LogP) is 2.32. The Morgan fingerprint density at radius 1 is 1.33 bits per heavy atom. The highest BCUT2D eigenvalue weighted by Crippen LogP contribution is 2.35. The van der Waals surface area contributed by atoms with Gasteiger partial charge in [-0.2, -0.15) is 13.2 Å². The zero-order valence-electron chi connectivity index (χ0n) is 9.95. The first-order valence-electron chi connectivity index (χ1n) is 5.97. The molecule has 0 amide bonds. The summed E-state index contributed by atoms with van der Waals surface area (Å²) < 4.78 is 37.7. The zero-order valence-corrected chi connectivity index (χ0v) is 9.95. The predicted molar refractivity (Wildman–Crippen MR) is 63.1 cm³/mol. The summed E-state index contributed by atoms with van der Waals surface area (Å²) in [7, 11) is 0. The molecule has 100 valence electrons. The Labute approximate surface area is 104 Å². The minimum atomic E-state index is -4.07. The largest absolute Gasteiger partial charge is 0.391 e. The van der Waals surface area contributed by atoms with Crippen molar-refractivity contribution < 1.29 is 13.2 Å². The third-order valence-electron chi connectivity index (χ3n) is 3.41. The van der Waals surface area contributed by atoms with Gasteiger partial charge in [0, 0.05) is 25.8 Å². The molecule has 1 aromatic rings. The molecule has 0 bridgehead atoms. The van der Waals surface area contributed by atoms with E-state index in [0.29, 0.717) is 19.6 Å². The first-order valence-corrected chi connectivity index (χ1v) is 5.97. The molecule has 0 saturated carbocycles. The Bertz CT molecular complexity index is 398. The second-order valence-corrected chi connectivity index (χ2v) is 4.51. The van der Waals surface area contributed by atoms with Gasteiger partial charge in [0.15, 0.2) is 0 Å². The molecule has 2 rings (SSSR count). The van der Waals surface area contributed by atoms with Crippen LogP contribution in [-0.4, -0.2) is 24.2 Å². The van der Waals surface area contributed by atoms with Crippen LogP contribution in [0.4, 0.5) is 18.9 Å². The van der Waals surface area contributed by atoms with E-state index in [1.807, 2.05) is 11.0 Å². The van der Waals surface area contributed by atoms with Gasteiger partial charge in [-0.25, -0.2) is 0 Å². The molecule has 1 aliphatic heterocycles. The molecule has 1 fully saturated rings. The Kier molecular flexibility index (Phi) is 3.75. The summed E-state index contributed by atoms with van der Waals surface area (Å²) in [5.74, 6) is -1.17. The Balaban J connectivity index is 2.06. The van der Waals surface area contributed by atoms with E-state index in [0.717, 1.165) is 11.3 Å². The molecule has 1 aliphatic rings. The van der Waals surface area contributed by atoms with Crippen molar-refractivity contribution in [3.63, 3.8) is 0 Å². The number of nitrogens with two attached hydrogens (primary N) is 1. The normalized spacial score (nSPS) is 18.1. The van der Waals surface area contributed by atoms with Gasteiger partial charge in [0.05, 0.1) is 17.8 Å². The molecule has 3 nitrogen and oxygen atoms in total. The molecule has 0 atom stereocenters. The van der Waals surface area contributed by atoms with Gasteiger partial charge in [0.1, 0.15) is 0 Å². The van der Waals surface area contributed by atoms with Crippen LogP contribution in [0.5, 0.6) is 0 Å². The van der Waals surface area contributed by atoms with E-state index >= 15 is 0 Å². The van der Waals surface area contributed by atoms with E-state index in [-0.39, 0.29) is 12.8 Å². The highest BCUT2D eigenvalue weighted by Gasteiger charge is 2.41. The van der Waals surface area contributed by atoms with Crippen molar-refractivity contribution in [3.8, 4) is 0 Å². The summed E-state index contributed by atoms with van der Waals surface area (Å²) in [6.07, 6.45) is -0.465. The average molecular weight is 259 g/mol. The standard InChI is InChI=1S/C12H16F3N3/c13-12(14,15)10-2-5-18(6-3-10)11-8-17-4-1-9(11)7-16/h1,4,8,10H,2-3,5-7,16H2. The van der Waals surface area contributed by atoms with E-state index in [1.54, 1.807) is 12.4 Å². The van der Waals surface area contributed by atoms with Crippen molar-refractivity contribution in [2.45, 2.75) is 25.6 Å². The van der Waals surface area contributed by atoms with Crippen molar-refractivity contribution >= 4 is 5.69 Å². The van der Waals surface area contributed by atoms with Crippen LogP contribution < -0.4 is 10.6 Å². The highest BCUT2D eigenvalue weighted by molar-refractivity contribution is 5.51. The molecule has 2 heterocycles. The van der Waals surface area contributed by atoms with Gasteiger partial charge >= 0.3 is 6.18 Å². The molecular weight excluding hydrogens is 243 g/mol. The Morgan fingerprint density at radius 3 is 2.56 bits per heavy atom. The van der Waals surface area contributed by atoms with Gasteiger partial charge in [-0.1, -0.05) is 0 Å². The molecule has 0 aliphatic carbocycles. The highest BCUT2D eigenvalue weighted by atomic mass is 19.4. The topological polar surface area (TPSA) is 42.1 Å². The number of aromatic nitrogens is 1. The van der Waals surface area contributed by atoms with Crippen LogP contribution >= 0.6 is 0 Å². The first kappa shape index (κ1) is 13.1. The van der Waals surface area contributed by atoms with Crippen LogP contribution in [0.15, 0.2) is 18.5 Å². The van der Waals surface area contributed by atoms with Crippen LogP contribution in [0.25, 0.3) is 0 Å². The van der Waals surface area contributed by atoms with Gasteiger partial charge in [-0.3, -0.25) is 4.98 Å². The summed E-state index contributed by atoms with van der Waals surface area (Å²) >= 11 is 0. The minimum Gasteiger partial charge on any atom is -0.370 e.